The largest absolute Gasteiger partial charge is 0.478 e. The zero-order valence-electron chi connectivity index (χ0n) is 10.4. The Kier molecular flexibility index (Phi) is 3.50. The third-order valence-corrected chi connectivity index (χ3v) is 2.97. The second kappa shape index (κ2) is 5.09. The van der Waals surface area contributed by atoms with Crippen LogP contribution in [0.2, 0.25) is 0 Å². The van der Waals surface area contributed by atoms with Gasteiger partial charge in [0.1, 0.15) is 6.04 Å². The maximum Gasteiger partial charge on any atom is 0.337 e. The number of aromatic carboxylic acids is 1. The van der Waals surface area contributed by atoms with Crippen molar-refractivity contribution in [2.45, 2.75) is 25.8 Å². The van der Waals surface area contributed by atoms with Gasteiger partial charge in [-0.3, -0.25) is 14.9 Å². The second-order valence-corrected chi connectivity index (χ2v) is 4.50. The van der Waals surface area contributed by atoms with Crippen LogP contribution in [0.4, 0.5) is 5.69 Å². The molecule has 1 aromatic carbocycles. The van der Waals surface area contributed by atoms with Crippen molar-refractivity contribution >= 4 is 23.5 Å². The minimum absolute atomic E-state index is 0.107. The summed E-state index contributed by atoms with van der Waals surface area (Å²) in [6.07, 6.45) is 0.606. The normalized spacial score (nSPS) is 18.9. The van der Waals surface area contributed by atoms with Gasteiger partial charge < -0.3 is 10.4 Å². The van der Waals surface area contributed by atoms with Crippen molar-refractivity contribution in [3.8, 4) is 0 Å². The van der Waals surface area contributed by atoms with Crippen molar-refractivity contribution in [2.75, 3.05) is 5.32 Å². The molecule has 1 atom stereocenters. The molecule has 1 heterocycles. The smallest absolute Gasteiger partial charge is 0.337 e. The molecule has 1 fully saturated rings. The summed E-state index contributed by atoms with van der Waals surface area (Å²) in [6, 6.07) is 4.27. The number of carboxylic acid groups (broad SMARTS) is 1. The summed E-state index contributed by atoms with van der Waals surface area (Å²) >= 11 is 0. The highest BCUT2D eigenvalue weighted by Gasteiger charge is 2.27. The van der Waals surface area contributed by atoms with Gasteiger partial charge >= 0.3 is 5.97 Å². The van der Waals surface area contributed by atoms with Crippen molar-refractivity contribution in [3.05, 3.63) is 29.3 Å². The highest BCUT2D eigenvalue weighted by atomic mass is 16.4. The van der Waals surface area contributed by atoms with Crippen LogP contribution in [-0.4, -0.2) is 28.9 Å². The van der Waals surface area contributed by atoms with Crippen LogP contribution >= 0.6 is 0 Å². The number of aryl methyl sites for hydroxylation is 1. The predicted octanol–water partition coefficient (Wildman–Crippen LogP) is 0.910. The number of hydrogen-bond acceptors (Lipinski definition) is 4. The lowest BCUT2D eigenvalue weighted by molar-refractivity contribution is -0.133. The molecule has 6 heteroatoms. The van der Waals surface area contributed by atoms with E-state index in [0.717, 1.165) is 5.56 Å². The van der Waals surface area contributed by atoms with Gasteiger partial charge in [-0.2, -0.15) is 0 Å². The molecule has 6 nitrogen and oxygen atoms in total. The van der Waals surface area contributed by atoms with E-state index in [2.05, 4.69) is 10.6 Å². The first-order chi connectivity index (χ1) is 8.97. The number of carbonyl (C=O) groups excluding carboxylic acids is 2. The topological polar surface area (TPSA) is 95.5 Å². The fraction of sp³-hybridized carbons (Fsp3) is 0.308. The summed E-state index contributed by atoms with van der Waals surface area (Å²) in [4.78, 5) is 33.8. The van der Waals surface area contributed by atoms with E-state index in [1.807, 2.05) is 6.92 Å². The summed E-state index contributed by atoms with van der Waals surface area (Å²) in [7, 11) is 0. The summed E-state index contributed by atoms with van der Waals surface area (Å²) < 4.78 is 0. The van der Waals surface area contributed by atoms with E-state index in [1.165, 1.54) is 6.07 Å². The number of imide groups is 1. The number of anilines is 1. The first-order valence-corrected chi connectivity index (χ1v) is 5.91. The highest BCUT2D eigenvalue weighted by molar-refractivity contribution is 6.02. The number of piperidine rings is 1. The van der Waals surface area contributed by atoms with E-state index >= 15 is 0 Å². The van der Waals surface area contributed by atoms with E-state index in [9.17, 15) is 14.4 Å². The number of hydrogen-bond donors (Lipinski definition) is 3. The first kappa shape index (κ1) is 13.1. The Morgan fingerprint density at radius 1 is 1.42 bits per heavy atom. The van der Waals surface area contributed by atoms with Crippen LogP contribution in [0.3, 0.4) is 0 Å². The average molecular weight is 262 g/mol. The van der Waals surface area contributed by atoms with E-state index in [-0.39, 0.29) is 17.9 Å². The van der Waals surface area contributed by atoms with Gasteiger partial charge in [0.25, 0.3) is 0 Å². The van der Waals surface area contributed by atoms with Gasteiger partial charge in [0, 0.05) is 12.1 Å². The third kappa shape index (κ3) is 2.90. The summed E-state index contributed by atoms with van der Waals surface area (Å²) in [5.74, 6) is -1.78. The lowest BCUT2D eigenvalue weighted by Crippen LogP contribution is -2.47. The number of nitrogens with one attached hydrogen (secondary N) is 2. The molecule has 0 saturated carbocycles. The standard InChI is InChI=1S/C13H14N2O4/c1-7-2-3-8(13(18)19)10(6-7)14-9-4-5-11(16)15-12(9)17/h2-3,6,9,14H,4-5H2,1H3,(H,18,19)(H,15,16,17). The zero-order chi connectivity index (χ0) is 14.0. The quantitative estimate of drug-likeness (QED) is 0.704. The number of benzene rings is 1. The van der Waals surface area contributed by atoms with E-state index in [4.69, 9.17) is 5.11 Å². The molecule has 100 valence electrons. The number of rotatable bonds is 3. The Balaban J connectivity index is 2.23. The Hall–Kier alpha value is -2.37. The SMILES string of the molecule is Cc1ccc(C(=O)O)c(NC2CCC(=O)NC2=O)c1. The fourth-order valence-electron chi connectivity index (χ4n) is 1.98. The molecule has 1 aliphatic heterocycles. The van der Waals surface area contributed by atoms with Crippen LogP contribution < -0.4 is 10.6 Å². The van der Waals surface area contributed by atoms with Crippen molar-refractivity contribution in [3.63, 3.8) is 0 Å². The lowest BCUT2D eigenvalue weighted by Gasteiger charge is -2.23. The third-order valence-electron chi connectivity index (χ3n) is 2.97. The van der Waals surface area contributed by atoms with Gasteiger partial charge in [0.2, 0.25) is 11.8 Å². The molecule has 2 amide bonds. The molecule has 1 saturated heterocycles. The molecule has 19 heavy (non-hydrogen) atoms. The zero-order valence-corrected chi connectivity index (χ0v) is 10.4. The van der Waals surface area contributed by atoms with Crippen LogP contribution in [0.1, 0.15) is 28.8 Å². The van der Waals surface area contributed by atoms with Crippen LogP contribution in [0.15, 0.2) is 18.2 Å². The van der Waals surface area contributed by atoms with Crippen molar-refractivity contribution in [1.82, 2.24) is 5.32 Å². The predicted molar refractivity (Wildman–Crippen MR) is 67.9 cm³/mol. The molecule has 3 N–H and O–H groups in total. The van der Waals surface area contributed by atoms with Gasteiger partial charge in [0.05, 0.1) is 5.56 Å². The summed E-state index contributed by atoms with van der Waals surface area (Å²) in [6.45, 7) is 1.83. The Bertz CT molecular complexity index is 554. The number of carboxylic acids is 1. The van der Waals surface area contributed by atoms with Crippen molar-refractivity contribution in [1.29, 1.82) is 0 Å². The van der Waals surface area contributed by atoms with Gasteiger partial charge in [-0.25, -0.2) is 4.79 Å². The van der Waals surface area contributed by atoms with Crippen LogP contribution in [-0.2, 0) is 9.59 Å². The molecule has 1 aromatic rings. The lowest BCUT2D eigenvalue weighted by atomic mass is 10.0. The monoisotopic (exact) mass is 262 g/mol. The molecule has 0 bridgehead atoms. The average Bonchev–Trinajstić information content (AvgIpc) is 2.32. The van der Waals surface area contributed by atoms with Gasteiger partial charge in [-0.1, -0.05) is 6.07 Å². The van der Waals surface area contributed by atoms with E-state index < -0.39 is 17.9 Å². The molecule has 1 aliphatic rings. The highest BCUT2D eigenvalue weighted by Crippen LogP contribution is 2.20. The Labute approximate surface area is 109 Å². The van der Waals surface area contributed by atoms with Gasteiger partial charge in [-0.15, -0.1) is 0 Å². The summed E-state index contributed by atoms with van der Waals surface area (Å²) in [5.41, 5.74) is 1.39. The maximum atomic E-state index is 11.6. The molecular weight excluding hydrogens is 248 g/mol. The molecular formula is C13H14N2O4. The Morgan fingerprint density at radius 2 is 2.16 bits per heavy atom. The molecule has 0 radical (unpaired) electrons. The fourth-order valence-corrected chi connectivity index (χ4v) is 1.98. The Morgan fingerprint density at radius 3 is 2.79 bits per heavy atom. The maximum absolute atomic E-state index is 11.6. The van der Waals surface area contributed by atoms with Crippen molar-refractivity contribution in [2.24, 2.45) is 0 Å². The molecule has 0 spiro atoms. The van der Waals surface area contributed by atoms with E-state index in [0.29, 0.717) is 12.1 Å². The molecule has 1 unspecified atom stereocenters. The van der Waals surface area contributed by atoms with Gasteiger partial charge in [-0.05, 0) is 31.0 Å². The van der Waals surface area contributed by atoms with Crippen molar-refractivity contribution < 1.29 is 19.5 Å². The molecule has 2 rings (SSSR count). The minimum Gasteiger partial charge on any atom is -0.478 e. The van der Waals surface area contributed by atoms with Crippen LogP contribution in [0.25, 0.3) is 0 Å². The van der Waals surface area contributed by atoms with Crippen LogP contribution in [0, 0.1) is 6.92 Å². The number of amides is 2. The molecule has 0 aromatic heterocycles. The first-order valence-electron chi connectivity index (χ1n) is 5.91. The van der Waals surface area contributed by atoms with Gasteiger partial charge in [0.15, 0.2) is 0 Å². The minimum atomic E-state index is -1.06. The number of carbonyl (C=O) groups is 3. The van der Waals surface area contributed by atoms with Crippen LogP contribution in [0.5, 0.6) is 0 Å². The second-order valence-electron chi connectivity index (χ2n) is 4.50. The summed E-state index contributed by atoms with van der Waals surface area (Å²) in [5, 5.41) is 14.2. The van der Waals surface area contributed by atoms with E-state index in [1.54, 1.807) is 12.1 Å². The molecule has 0 aliphatic carbocycles.